The molecule has 0 fully saturated rings. The molecule has 0 aliphatic rings. The minimum Gasteiger partial charge on any atom is -0.465 e. The summed E-state index contributed by atoms with van der Waals surface area (Å²) in [5.74, 6) is -0.969. The molecule has 6 aromatic rings. The molecule has 6 rings (SSSR count). The van der Waals surface area contributed by atoms with Crippen molar-refractivity contribution in [3.8, 4) is 33.5 Å². The molecule has 4 nitrogen and oxygen atoms in total. The number of halogens is 4. The lowest BCUT2D eigenvalue weighted by atomic mass is 9.91. The molecule has 0 saturated heterocycles. The van der Waals surface area contributed by atoms with Gasteiger partial charge in [0.2, 0.25) is 0 Å². The van der Waals surface area contributed by atoms with E-state index in [2.05, 4.69) is 0 Å². The Kier molecular flexibility index (Phi) is 8.59. The van der Waals surface area contributed by atoms with Crippen LogP contribution in [0.25, 0.3) is 44.4 Å². The van der Waals surface area contributed by atoms with Crippen LogP contribution in [0.1, 0.15) is 33.5 Å². The number of methoxy groups -OCH3 is 1. The summed E-state index contributed by atoms with van der Waals surface area (Å²) in [6.07, 6.45) is -2.67. The molecule has 0 N–H and O–H groups in total. The minimum absolute atomic E-state index is 0.181. The third kappa shape index (κ3) is 5.63. The fraction of sp³-hybridized carbons (Fsp3) is 0.108. The van der Waals surface area contributed by atoms with Crippen LogP contribution in [-0.2, 0) is 15.7 Å². The van der Waals surface area contributed by atoms with Crippen molar-refractivity contribution < 1.29 is 26.9 Å². The van der Waals surface area contributed by atoms with Gasteiger partial charge in [0.15, 0.2) is 11.0 Å². The van der Waals surface area contributed by atoms with Gasteiger partial charge in [0.1, 0.15) is 5.82 Å². The van der Waals surface area contributed by atoms with Crippen LogP contribution in [-0.4, -0.2) is 21.3 Å². The first-order valence-corrected chi connectivity index (χ1v) is 15.8. The van der Waals surface area contributed by atoms with Gasteiger partial charge in [-0.3, -0.25) is 3.97 Å². The Hall–Kier alpha value is -4.66. The zero-order chi connectivity index (χ0) is 32.7. The molecule has 0 aliphatic heterocycles. The second kappa shape index (κ2) is 12.6. The molecular weight excluding hydrogens is 631 g/mol. The highest BCUT2D eigenvalue weighted by molar-refractivity contribution is 7.83. The maximum Gasteiger partial charge on any atom is 0.337 e. The number of aromatic nitrogens is 1. The van der Waals surface area contributed by atoms with Gasteiger partial charge in [0, 0.05) is 32.7 Å². The summed E-state index contributed by atoms with van der Waals surface area (Å²) in [7, 11) is -0.626. The van der Waals surface area contributed by atoms with Crippen molar-refractivity contribution in [3.63, 3.8) is 0 Å². The van der Waals surface area contributed by atoms with E-state index in [1.165, 1.54) is 49.6 Å². The Balaban J connectivity index is 1.66. The summed E-state index contributed by atoms with van der Waals surface area (Å²) in [5.41, 5.74) is 6.66. The molecule has 1 unspecified atom stereocenters. The minimum atomic E-state index is -2.67. The van der Waals surface area contributed by atoms with Gasteiger partial charge in [-0.25, -0.2) is 22.2 Å². The summed E-state index contributed by atoms with van der Waals surface area (Å²) in [4.78, 5) is 12.4. The number of benzene rings is 5. The lowest BCUT2D eigenvalue weighted by molar-refractivity contribution is 0.0600. The molecule has 1 atom stereocenters. The first-order chi connectivity index (χ1) is 22.1. The van der Waals surface area contributed by atoms with Gasteiger partial charge in [-0.05, 0) is 84.6 Å². The summed E-state index contributed by atoms with van der Waals surface area (Å²) in [5, 5.41) is 0.885. The molecule has 5 aromatic carbocycles. The zero-order valence-electron chi connectivity index (χ0n) is 25.0. The zero-order valence-corrected chi connectivity index (χ0v) is 26.6. The van der Waals surface area contributed by atoms with Gasteiger partial charge >= 0.3 is 5.97 Å². The fourth-order valence-electron chi connectivity index (χ4n) is 5.79. The van der Waals surface area contributed by atoms with Gasteiger partial charge in [0.25, 0.3) is 6.43 Å². The van der Waals surface area contributed by atoms with E-state index in [4.69, 9.17) is 16.3 Å². The highest BCUT2D eigenvalue weighted by Crippen LogP contribution is 2.45. The number of aryl methyl sites for hydroxylation is 2. The number of carbonyl (C=O) groups is 1. The van der Waals surface area contributed by atoms with Crippen molar-refractivity contribution in [1.29, 1.82) is 0 Å². The topological polar surface area (TPSA) is 48.3 Å². The number of carbonyl (C=O) groups excluding carboxylic acids is 1. The molecule has 0 radical (unpaired) electrons. The second-order valence-corrected chi connectivity index (χ2v) is 12.6. The van der Waals surface area contributed by atoms with Crippen LogP contribution in [0.5, 0.6) is 0 Å². The van der Waals surface area contributed by atoms with Crippen LogP contribution in [0, 0.1) is 19.7 Å². The lowest BCUT2D eigenvalue weighted by Crippen LogP contribution is -2.07. The van der Waals surface area contributed by atoms with Crippen molar-refractivity contribution >= 4 is 39.5 Å². The van der Waals surface area contributed by atoms with E-state index < -0.39 is 29.2 Å². The number of fused-ring (bicyclic) bond motifs is 1. The molecule has 1 aromatic heterocycles. The van der Waals surface area contributed by atoms with Gasteiger partial charge in [-0.2, -0.15) is 0 Å². The first-order valence-electron chi connectivity index (χ1n) is 14.3. The molecule has 0 saturated carbocycles. The van der Waals surface area contributed by atoms with Crippen molar-refractivity contribution in [2.45, 2.75) is 25.2 Å². The number of rotatable bonds is 7. The summed E-state index contributed by atoms with van der Waals surface area (Å²) in [6.45, 7) is 3.93. The number of nitrogens with zero attached hydrogens (tertiary/aromatic N) is 1. The normalized spacial score (nSPS) is 12.1. The third-order valence-corrected chi connectivity index (χ3v) is 9.65. The molecule has 0 aliphatic carbocycles. The van der Waals surface area contributed by atoms with Crippen molar-refractivity contribution in [2.75, 3.05) is 7.11 Å². The van der Waals surface area contributed by atoms with Gasteiger partial charge in [0.05, 0.1) is 28.8 Å². The van der Waals surface area contributed by atoms with Crippen LogP contribution in [0.15, 0.2) is 108 Å². The first kappa shape index (κ1) is 31.3. The molecular formula is C37H27ClF3NO3S. The lowest BCUT2D eigenvalue weighted by Gasteiger charge is -2.16. The SMILES string of the molecule is COC(=O)c1ccc(-c2cccc(-c3c(-c4c(C)cccc4C)c4cc(F)ccc4n3S(=O)c3ccc(C(F)F)cc3)c2)c(Cl)c1. The highest BCUT2D eigenvalue weighted by atomic mass is 35.5. The molecule has 0 spiro atoms. The number of hydrogen-bond donors (Lipinski definition) is 0. The summed E-state index contributed by atoms with van der Waals surface area (Å²) < 4.78 is 62.6. The largest absolute Gasteiger partial charge is 0.465 e. The van der Waals surface area contributed by atoms with Crippen LogP contribution < -0.4 is 0 Å². The van der Waals surface area contributed by atoms with Gasteiger partial charge in [-0.15, -0.1) is 0 Å². The fourth-order valence-corrected chi connectivity index (χ4v) is 7.36. The van der Waals surface area contributed by atoms with Gasteiger partial charge < -0.3 is 4.74 Å². The Bertz CT molecular complexity index is 2140. The van der Waals surface area contributed by atoms with Crippen LogP contribution >= 0.6 is 11.6 Å². The van der Waals surface area contributed by atoms with E-state index in [9.17, 15) is 22.2 Å². The van der Waals surface area contributed by atoms with E-state index in [-0.39, 0.29) is 5.56 Å². The quantitative estimate of drug-likeness (QED) is 0.161. The third-order valence-electron chi connectivity index (χ3n) is 7.95. The standard InChI is InChI=1S/C37H27ClF3NO3S/c1-21-6-4-7-22(2)33(21)34-30-20-27(39)13-17-32(30)42(46(44)28-14-10-23(11-15-28)36(40)41)35(34)25-9-5-8-24(18-25)29-16-12-26(19-31(29)38)37(43)45-3/h4-20,36H,1-3H3. The number of alkyl halides is 2. The molecule has 0 amide bonds. The molecule has 0 bridgehead atoms. The van der Waals surface area contributed by atoms with Crippen LogP contribution in [0.4, 0.5) is 13.2 Å². The monoisotopic (exact) mass is 657 g/mol. The Labute approximate surface area is 271 Å². The van der Waals surface area contributed by atoms with Gasteiger partial charge in [-0.1, -0.05) is 66.2 Å². The molecule has 9 heteroatoms. The summed E-state index contributed by atoms with van der Waals surface area (Å²) in [6, 6.07) is 27.9. The van der Waals surface area contributed by atoms with E-state index in [0.717, 1.165) is 22.3 Å². The highest BCUT2D eigenvalue weighted by Gasteiger charge is 2.27. The van der Waals surface area contributed by atoms with E-state index in [1.54, 1.807) is 22.2 Å². The predicted molar refractivity (Wildman–Crippen MR) is 177 cm³/mol. The molecule has 1 heterocycles. The van der Waals surface area contributed by atoms with E-state index in [1.807, 2.05) is 56.3 Å². The number of esters is 1. The van der Waals surface area contributed by atoms with E-state index in [0.29, 0.717) is 48.8 Å². The van der Waals surface area contributed by atoms with Crippen molar-refractivity contribution in [3.05, 3.63) is 136 Å². The second-order valence-electron chi connectivity index (χ2n) is 10.8. The number of ether oxygens (including phenoxy) is 1. The average molecular weight is 658 g/mol. The molecule has 232 valence electrons. The number of hydrogen-bond acceptors (Lipinski definition) is 3. The van der Waals surface area contributed by atoms with E-state index >= 15 is 0 Å². The Morgan fingerprint density at radius 1 is 0.826 bits per heavy atom. The summed E-state index contributed by atoms with van der Waals surface area (Å²) >= 11 is 6.65. The van der Waals surface area contributed by atoms with Crippen molar-refractivity contribution in [1.82, 2.24) is 3.97 Å². The Morgan fingerprint density at radius 3 is 2.15 bits per heavy atom. The predicted octanol–water partition coefficient (Wildman–Crippen LogP) is 10.3. The molecule has 46 heavy (non-hydrogen) atoms. The maximum absolute atomic E-state index is 15.0. The Morgan fingerprint density at radius 2 is 1.50 bits per heavy atom. The average Bonchev–Trinajstić information content (AvgIpc) is 3.37. The maximum atomic E-state index is 15.0. The van der Waals surface area contributed by atoms with Crippen LogP contribution in [0.3, 0.4) is 0 Å². The van der Waals surface area contributed by atoms with Crippen LogP contribution in [0.2, 0.25) is 5.02 Å². The van der Waals surface area contributed by atoms with Crippen molar-refractivity contribution in [2.24, 2.45) is 0 Å². The smallest absolute Gasteiger partial charge is 0.337 e.